The Morgan fingerprint density at radius 2 is 2.07 bits per heavy atom. The number of halogens is 1. The minimum atomic E-state index is -0.723. The van der Waals surface area contributed by atoms with E-state index in [2.05, 4.69) is 22.5 Å². The van der Waals surface area contributed by atoms with Gasteiger partial charge in [-0.25, -0.2) is 0 Å². The Hall–Kier alpha value is -1.00. The lowest BCUT2D eigenvalue weighted by Gasteiger charge is -2.14. The molecule has 4 heteroatoms. The predicted molar refractivity (Wildman–Crippen MR) is 62.4 cm³/mol. The number of rotatable bonds is 4. The topological polar surface area (TPSA) is 38.7 Å². The summed E-state index contributed by atoms with van der Waals surface area (Å²) in [6, 6.07) is 3.50. The van der Waals surface area contributed by atoms with Gasteiger partial charge in [0.1, 0.15) is 0 Å². The van der Waals surface area contributed by atoms with Crippen LogP contribution >= 0.6 is 15.9 Å². The number of ether oxygens (including phenoxy) is 2. The first-order valence-corrected chi connectivity index (χ1v) is 5.16. The maximum atomic E-state index is 9.65. The molecule has 0 radical (unpaired) electrons. The SMILES string of the molecule is C=CC(O)c1ccc(OC)c(OC)c1Br. The van der Waals surface area contributed by atoms with E-state index in [0.717, 1.165) is 0 Å². The van der Waals surface area contributed by atoms with Crippen molar-refractivity contribution >= 4 is 15.9 Å². The van der Waals surface area contributed by atoms with Gasteiger partial charge in [-0.15, -0.1) is 6.58 Å². The number of benzene rings is 1. The second-order valence-electron chi connectivity index (χ2n) is 2.88. The van der Waals surface area contributed by atoms with Gasteiger partial charge in [0.05, 0.1) is 24.8 Å². The summed E-state index contributed by atoms with van der Waals surface area (Å²) in [6.07, 6.45) is 0.727. The first-order chi connectivity index (χ1) is 7.15. The Morgan fingerprint density at radius 3 is 2.53 bits per heavy atom. The second kappa shape index (κ2) is 5.19. The minimum Gasteiger partial charge on any atom is -0.493 e. The summed E-state index contributed by atoms with van der Waals surface area (Å²) in [7, 11) is 3.11. The van der Waals surface area contributed by atoms with E-state index in [0.29, 0.717) is 21.5 Å². The van der Waals surface area contributed by atoms with Gasteiger partial charge in [0.2, 0.25) is 0 Å². The Kier molecular flexibility index (Phi) is 4.17. The summed E-state index contributed by atoms with van der Waals surface area (Å²) < 4.78 is 11.0. The van der Waals surface area contributed by atoms with E-state index < -0.39 is 6.10 Å². The summed E-state index contributed by atoms with van der Waals surface area (Å²) in [4.78, 5) is 0. The quantitative estimate of drug-likeness (QED) is 0.857. The number of aliphatic hydroxyl groups is 1. The van der Waals surface area contributed by atoms with E-state index in [4.69, 9.17) is 9.47 Å². The van der Waals surface area contributed by atoms with Crippen LogP contribution in [0.4, 0.5) is 0 Å². The molecule has 1 rings (SSSR count). The van der Waals surface area contributed by atoms with Gasteiger partial charge in [-0.2, -0.15) is 0 Å². The van der Waals surface area contributed by atoms with Crippen LogP contribution in [0, 0.1) is 0 Å². The maximum absolute atomic E-state index is 9.65. The Bertz CT molecular complexity index is 363. The summed E-state index contributed by atoms with van der Waals surface area (Å²) in [5, 5.41) is 9.65. The highest BCUT2D eigenvalue weighted by Gasteiger charge is 2.15. The zero-order valence-corrected chi connectivity index (χ0v) is 10.2. The first-order valence-electron chi connectivity index (χ1n) is 4.36. The molecule has 0 aliphatic heterocycles. The molecular weight excluding hydrogens is 260 g/mol. The zero-order chi connectivity index (χ0) is 11.4. The first kappa shape index (κ1) is 12.1. The molecule has 0 saturated heterocycles. The molecule has 0 aliphatic carbocycles. The van der Waals surface area contributed by atoms with Crippen LogP contribution in [0.2, 0.25) is 0 Å². The van der Waals surface area contributed by atoms with Crippen LogP contribution in [0.15, 0.2) is 29.3 Å². The van der Waals surface area contributed by atoms with Gasteiger partial charge in [0.25, 0.3) is 0 Å². The van der Waals surface area contributed by atoms with Gasteiger partial charge >= 0.3 is 0 Å². The monoisotopic (exact) mass is 272 g/mol. The third-order valence-corrected chi connectivity index (χ3v) is 2.87. The Morgan fingerprint density at radius 1 is 1.40 bits per heavy atom. The van der Waals surface area contributed by atoms with Crippen molar-refractivity contribution in [1.29, 1.82) is 0 Å². The molecule has 1 atom stereocenters. The molecule has 0 fully saturated rings. The average Bonchev–Trinajstić information content (AvgIpc) is 2.27. The van der Waals surface area contributed by atoms with Crippen molar-refractivity contribution in [3.63, 3.8) is 0 Å². The molecule has 0 bridgehead atoms. The molecule has 82 valence electrons. The lowest BCUT2D eigenvalue weighted by atomic mass is 10.1. The van der Waals surface area contributed by atoms with Crippen LogP contribution in [-0.4, -0.2) is 19.3 Å². The van der Waals surface area contributed by atoms with Gasteiger partial charge in [0.15, 0.2) is 11.5 Å². The van der Waals surface area contributed by atoms with E-state index in [-0.39, 0.29) is 0 Å². The van der Waals surface area contributed by atoms with E-state index >= 15 is 0 Å². The summed E-state index contributed by atoms with van der Waals surface area (Å²) in [6.45, 7) is 3.53. The number of hydrogen-bond donors (Lipinski definition) is 1. The highest BCUT2D eigenvalue weighted by atomic mass is 79.9. The van der Waals surface area contributed by atoms with Crippen LogP contribution in [0.5, 0.6) is 11.5 Å². The minimum absolute atomic E-state index is 0.566. The molecule has 15 heavy (non-hydrogen) atoms. The summed E-state index contributed by atoms with van der Waals surface area (Å²) in [5.41, 5.74) is 0.697. The lowest BCUT2D eigenvalue weighted by molar-refractivity contribution is 0.227. The fraction of sp³-hybridized carbons (Fsp3) is 0.273. The summed E-state index contributed by atoms with van der Waals surface area (Å²) in [5.74, 6) is 1.18. The van der Waals surface area contributed by atoms with Crippen LogP contribution in [0.3, 0.4) is 0 Å². The van der Waals surface area contributed by atoms with Crippen molar-refractivity contribution < 1.29 is 14.6 Å². The number of aliphatic hydroxyl groups excluding tert-OH is 1. The van der Waals surface area contributed by atoms with Gasteiger partial charge in [-0.05, 0) is 22.0 Å². The van der Waals surface area contributed by atoms with Gasteiger partial charge in [0, 0.05) is 5.56 Å². The van der Waals surface area contributed by atoms with E-state index in [1.807, 2.05) is 0 Å². The standard InChI is InChI=1S/C11H13BrO3/c1-4-8(13)7-5-6-9(14-2)11(15-3)10(7)12/h4-6,8,13H,1H2,2-3H3. The van der Waals surface area contributed by atoms with E-state index in [9.17, 15) is 5.11 Å². The molecule has 0 aromatic heterocycles. The molecule has 0 spiro atoms. The van der Waals surface area contributed by atoms with E-state index in [1.54, 1.807) is 26.4 Å². The zero-order valence-electron chi connectivity index (χ0n) is 8.66. The largest absolute Gasteiger partial charge is 0.493 e. The van der Waals surface area contributed by atoms with Crippen LogP contribution in [0.1, 0.15) is 11.7 Å². The van der Waals surface area contributed by atoms with Gasteiger partial charge in [-0.1, -0.05) is 12.1 Å². The van der Waals surface area contributed by atoms with Gasteiger partial charge < -0.3 is 14.6 Å². The third kappa shape index (κ3) is 2.33. The van der Waals surface area contributed by atoms with Crippen molar-refractivity contribution in [2.45, 2.75) is 6.10 Å². The molecule has 1 aromatic carbocycles. The molecule has 1 aromatic rings. The van der Waals surface area contributed by atoms with Crippen LogP contribution in [-0.2, 0) is 0 Å². The highest BCUT2D eigenvalue weighted by molar-refractivity contribution is 9.10. The molecule has 1 N–H and O–H groups in total. The van der Waals surface area contributed by atoms with Crippen LogP contribution < -0.4 is 9.47 Å². The number of methoxy groups -OCH3 is 2. The van der Waals surface area contributed by atoms with Crippen molar-refractivity contribution in [3.05, 3.63) is 34.8 Å². The fourth-order valence-corrected chi connectivity index (χ4v) is 1.98. The van der Waals surface area contributed by atoms with Crippen molar-refractivity contribution in [2.24, 2.45) is 0 Å². The molecule has 0 amide bonds. The molecule has 0 heterocycles. The smallest absolute Gasteiger partial charge is 0.175 e. The third-order valence-electron chi connectivity index (χ3n) is 2.06. The van der Waals surface area contributed by atoms with E-state index in [1.165, 1.54) is 6.08 Å². The lowest BCUT2D eigenvalue weighted by Crippen LogP contribution is -1.98. The normalized spacial score (nSPS) is 12.0. The molecule has 1 unspecified atom stereocenters. The van der Waals surface area contributed by atoms with Gasteiger partial charge in [-0.3, -0.25) is 0 Å². The Labute approximate surface area is 97.5 Å². The molecule has 3 nitrogen and oxygen atoms in total. The predicted octanol–water partition coefficient (Wildman–Crippen LogP) is 2.69. The second-order valence-corrected chi connectivity index (χ2v) is 3.68. The fourth-order valence-electron chi connectivity index (χ4n) is 1.26. The van der Waals surface area contributed by atoms with Crippen molar-refractivity contribution in [3.8, 4) is 11.5 Å². The van der Waals surface area contributed by atoms with Crippen molar-refractivity contribution in [2.75, 3.05) is 14.2 Å². The van der Waals surface area contributed by atoms with Crippen LogP contribution in [0.25, 0.3) is 0 Å². The molecule has 0 aliphatic rings. The van der Waals surface area contributed by atoms with Crippen molar-refractivity contribution in [1.82, 2.24) is 0 Å². The molecule has 0 saturated carbocycles. The summed E-state index contributed by atoms with van der Waals surface area (Å²) >= 11 is 3.36. The Balaban J connectivity index is 3.28. The molecular formula is C11H13BrO3. The average molecular weight is 273 g/mol. The number of hydrogen-bond acceptors (Lipinski definition) is 3. The highest BCUT2D eigenvalue weighted by Crippen LogP contribution is 2.39. The maximum Gasteiger partial charge on any atom is 0.175 e.